The first-order valence-electron chi connectivity index (χ1n) is 5.69. The SMILES string of the molecule is CNC(=O)OC(OC(=O)c1ccccc1)C(C)C. The molecule has 0 saturated carbocycles. The molecule has 1 N–H and O–H groups in total. The van der Waals surface area contributed by atoms with Crippen LogP contribution in [0.4, 0.5) is 4.79 Å². The maximum atomic E-state index is 11.8. The van der Waals surface area contributed by atoms with Crippen molar-refractivity contribution in [2.24, 2.45) is 5.92 Å². The highest BCUT2D eigenvalue weighted by atomic mass is 16.7. The molecular formula is C13H17NO4. The van der Waals surface area contributed by atoms with Crippen molar-refractivity contribution in [3.8, 4) is 0 Å². The third-order valence-electron chi connectivity index (χ3n) is 2.20. The fourth-order valence-electron chi connectivity index (χ4n) is 1.21. The van der Waals surface area contributed by atoms with Crippen molar-refractivity contribution in [2.45, 2.75) is 20.1 Å². The molecule has 1 atom stereocenters. The highest BCUT2D eigenvalue weighted by Crippen LogP contribution is 2.12. The van der Waals surface area contributed by atoms with Gasteiger partial charge in [-0.15, -0.1) is 0 Å². The van der Waals surface area contributed by atoms with Crippen LogP contribution < -0.4 is 5.32 Å². The van der Waals surface area contributed by atoms with E-state index in [0.717, 1.165) is 0 Å². The lowest BCUT2D eigenvalue weighted by Gasteiger charge is -2.21. The van der Waals surface area contributed by atoms with Crippen LogP contribution in [0.3, 0.4) is 0 Å². The van der Waals surface area contributed by atoms with Gasteiger partial charge in [0.1, 0.15) is 0 Å². The summed E-state index contributed by atoms with van der Waals surface area (Å²) >= 11 is 0. The molecule has 0 aromatic heterocycles. The van der Waals surface area contributed by atoms with E-state index < -0.39 is 18.4 Å². The van der Waals surface area contributed by atoms with Crippen molar-refractivity contribution in [1.29, 1.82) is 0 Å². The van der Waals surface area contributed by atoms with Gasteiger partial charge < -0.3 is 14.8 Å². The molecule has 98 valence electrons. The van der Waals surface area contributed by atoms with Crippen LogP contribution in [0.1, 0.15) is 24.2 Å². The zero-order valence-corrected chi connectivity index (χ0v) is 10.7. The van der Waals surface area contributed by atoms with E-state index in [-0.39, 0.29) is 5.92 Å². The van der Waals surface area contributed by atoms with Crippen molar-refractivity contribution in [1.82, 2.24) is 5.32 Å². The second-order valence-corrected chi connectivity index (χ2v) is 4.04. The quantitative estimate of drug-likeness (QED) is 0.658. The molecule has 0 heterocycles. The van der Waals surface area contributed by atoms with E-state index in [1.54, 1.807) is 44.2 Å². The molecule has 0 radical (unpaired) electrons. The lowest BCUT2D eigenvalue weighted by molar-refractivity contribution is -0.0949. The molecule has 5 heteroatoms. The molecule has 0 spiro atoms. The predicted molar refractivity (Wildman–Crippen MR) is 66.0 cm³/mol. The minimum atomic E-state index is -0.905. The average molecular weight is 251 g/mol. The summed E-state index contributed by atoms with van der Waals surface area (Å²) in [6, 6.07) is 8.55. The molecule has 1 aromatic rings. The van der Waals surface area contributed by atoms with Crippen LogP contribution in [0.25, 0.3) is 0 Å². The number of hydrogen-bond donors (Lipinski definition) is 1. The van der Waals surface area contributed by atoms with Crippen LogP contribution in [0, 0.1) is 5.92 Å². The number of alkyl carbamates (subject to hydrolysis) is 1. The Morgan fingerprint density at radius 2 is 1.72 bits per heavy atom. The van der Waals surface area contributed by atoms with E-state index in [0.29, 0.717) is 5.56 Å². The van der Waals surface area contributed by atoms with Crippen molar-refractivity contribution < 1.29 is 19.1 Å². The average Bonchev–Trinajstić information content (AvgIpc) is 2.38. The molecule has 1 aromatic carbocycles. The van der Waals surface area contributed by atoms with Crippen molar-refractivity contribution in [3.63, 3.8) is 0 Å². The largest absolute Gasteiger partial charge is 0.421 e. The summed E-state index contributed by atoms with van der Waals surface area (Å²) < 4.78 is 10.1. The molecule has 1 amide bonds. The van der Waals surface area contributed by atoms with Crippen LogP contribution in [0.5, 0.6) is 0 Å². The molecule has 0 aliphatic carbocycles. The van der Waals surface area contributed by atoms with Crippen LogP contribution in [0.2, 0.25) is 0 Å². The van der Waals surface area contributed by atoms with E-state index in [1.807, 2.05) is 0 Å². The van der Waals surface area contributed by atoms with Gasteiger partial charge in [-0.2, -0.15) is 0 Å². The first-order valence-corrected chi connectivity index (χ1v) is 5.69. The number of rotatable bonds is 4. The minimum Gasteiger partial charge on any atom is -0.421 e. The highest BCUT2D eigenvalue weighted by molar-refractivity contribution is 5.89. The summed E-state index contributed by atoms with van der Waals surface area (Å²) in [5.41, 5.74) is 0.420. The van der Waals surface area contributed by atoms with E-state index in [2.05, 4.69) is 5.32 Å². The molecule has 5 nitrogen and oxygen atoms in total. The third-order valence-corrected chi connectivity index (χ3v) is 2.20. The normalized spacial score (nSPS) is 11.8. The molecule has 0 saturated heterocycles. The zero-order chi connectivity index (χ0) is 13.5. The van der Waals surface area contributed by atoms with Crippen LogP contribution in [-0.4, -0.2) is 25.4 Å². The molecule has 0 bridgehead atoms. The van der Waals surface area contributed by atoms with Crippen LogP contribution >= 0.6 is 0 Å². The minimum absolute atomic E-state index is 0.130. The molecule has 0 aliphatic rings. The van der Waals surface area contributed by atoms with Gasteiger partial charge in [0.25, 0.3) is 6.29 Å². The monoisotopic (exact) mass is 251 g/mol. The van der Waals surface area contributed by atoms with Crippen molar-refractivity contribution in [3.05, 3.63) is 35.9 Å². The Hall–Kier alpha value is -2.04. The third kappa shape index (κ3) is 4.08. The maximum Gasteiger partial charge on any atom is 0.409 e. The van der Waals surface area contributed by atoms with Crippen LogP contribution in [0.15, 0.2) is 30.3 Å². The van der Waals surface area contributed by atoms with Gasteiger partial charge in [-0.1, -0.05) is 32.0 Å². The first-order chi connectivity index (χ1) is 8.54. The van der Waals surface area contributed by atoms with Gasteiger partial charge in [-0.3, -0.25) is 0 Å². The number of carbonyl (C=O) groups excluding carboxylic acids is 2. The predicted octanol–water partition coefficient (Wildman–Crippen LogP) is 2.18. The van der Waals surface area contributed by atoms with Crippen molar-refractivity contribution >= 4 is 12.1 Å². The topological polar surface area (TPSA) is 64.6 Å². The number of nitrogens with one attached hydrogen (secondary N) is 1. The van der Waals surface area contributed by atoms with Crippen molar-refractivity contribution in [2.75, 3.05) is 7.05 Å². The Morgan fingerprint density at radius 3 is 2.22 bits per heavy atom. The smallest absolute Gasteiger partial charge is 0.409 e. The standard InChI is InChI=1S/C13H17NO4/c1-9(2)12(18-13(16)14-3)17-11(15)10-7-5-4-6-8-10/h4-9,12H,1-3H3,(H,14,16). The number of ether oxygens (including phenoxy) is 2. The number of amides is 1. The molecule has 18 heavy (non-hydrogen) atoms. The van der Waals surface area contributed by atoms with Gasteiger partial charge in [0.05, 0.1) is 5.56 Å². The second-order valence-electron chi connectivity index (χ2n) is 4.04. The van der Waals surface area contributed by atoms with Gasteiger partial charge >= 0.3 is 12.1 Å². The molecular weight excluding hydrogens is 234 g/mol. The zero-order valence-electron chi connectivity index (χ0n) is 10.7. The van der Waals surface area contributed by atoms with Crippen LogP contribution in [-0.2, 0) is 9.47 Å². The number of esters is 1. The summed E-state index contributed by atoms with van der Waals surface area (Å²) in [7, 11) is 1.44. The van der Waals surface area contributed by atoms with Gasteiger partial charge in [0, 0.05) is 13.0 Å². The summed E-state index contributed by atoms with van der Waals surface area (Å²) in [6.07, 6.45) is -1.53. The van der Waals surface area contributed by atoms with Gasteiger partial charge in [0.15, 0.2) is 0 Å². The van der Waals surface area contributed by atoms with E-state index >= 15 is 0 Å². The summed E-state index contributed by atoms with van der Waals surface area (Å²) in [5.74, 6) is -0.645. The van der Waals surface area contributed by atoms with E-state index in [4.69, 9.17) is 9.47 Å². The summed E-state index contributed by atoms with van der Waals surface area (Å²) in [5, 5.41) is 2.31. The summed E-state index contributed by atoms with van der Waals surface area (Å²) in [4.78, 5) is 22.9. The number of carbonyl (C=O) groups is 2. The lowest BCUT2D eigenvalue weighted by atomic mass is 10.2. The number of hydrogen-bond acceptors (Lipinski definition) is 4. The Kier molecular flexibility index (Phi) is 5.17. The molecule has 0 aliphatic heterocycles. The van der Waals surface area contributed by atoms with Gasteiger partial charge in [-0.05, 0) is 12.1 Å². The van der Waals surface area contributed by atoms with E-state index in [9.17, 15) is 9.59 Å². The number of benzene rings is 1. The Labute approximate surface area is 106 Å². The summed E-state index contributed by atoms with van der Waals surface area (Å²) in [6.45, 7) is 3.60. The molecule has 1 unspecified atom stereocenters. The Balaban J connectivity index is 2.67. The highest BCUT2D eigenvalue weighted by Gasteiger charge is 2.22. The fourth-order valence-corrected chi connectivity index (χ4v) is 1.21. The Morgan fingerprint density at radius 1 is 1.11 bits per heavy atom. The fraction of sp³-hybridized carbons (Fsp3) is 0.385. The molecule has 1 rings (SSSR count). The first kappa shape index (κ1) is 14.0. The van der Waals surface area contributed by atoms with Gasteiger partial charge in [-0.25, -0.2) is 9.59 Å². The van der Waals surface area contributed by atoms with Gasteiger partial charge in [0.2, 0.25) is 0 Å². The molecule has 0 fully saturated rings. The second kappa shape index (κ2) is 6.64. The maximum absolute atomic E-state index is 11.8. The van der Waals surface area contributed by atoms with E-state index in [1.165, 1.54) is 7.05 Å². The Bertz CT molecular complexity index is 403. The lowest BCUT2D eigenvalue weighted by Crippen LogP contribution is -2.33.